The van der Waals surface area contributed by atoms with Crippen LogP contribution in [-0.4, -0.2) is 24.4 Å². The Morgan fingerprint density at radius 2 is 2.30 bits per heavy atom. The Hall–Kier alpha value is -1.05. The Balaban J connectivity index is 3.81. The molecule has 0 radical (unpaired) electrons. The van der Waals surface area contributed by atoms with E-state index in [9.17, 15) is 4.79 Å². The van der Waals surface area contributed by atoms with Crippen molar-refractivity contribution in [1.29, 1.82) is 0 Å². The molecule has 0 N–H and O–H groups in total. The number of carbonyl (C=O) groups is 1. The molecule has 0 aliphatic carbocycles. The third-order valence-electron chi connectivity index (χ3n) is 1.09. The lowest BCUT2D eigenvalue weighted by Gasteiger charge is -2.10. The number of rotatable bonds is 3. The predicted octanol–water partition coefficient (Wildman–Crippen LogP) is 1.21. The fourth-order valence-corrected chi connectivity index (χ4v) is 0.553. The first-order chi connectivity index (χ1) is 4.72. The van der Waals surface area contributed by atoms with E-state index in [2.05, 4.69) is 6.58 Å². The van der Waals surface area contributed by atoms with Crippen molar-refractivity contribution < 1.29 is 4.79 Å². The first-order valence-corrected chi connectivity index (χ1v) is 3.21. The number of nitrogens with zero attached hydrogens (tertiary/aromatic N) is 1. The van der Waals surface area contributed by atoms with Crippen molar-refractivity contribution in [2.45, 2.75) is 6.92 Å². The van der Waals surface area contributed by atoms with Crippen molar-refractivity contribution in [1.82, 2.24) is 4.90 Å². The first kappa shape index (κ1) is 8.95. The van der Waals surface area contributed by atoms with Gasteiger partial charge in [0.2, 0.25) is 5.91 Å². The summed E-state index contributed by atoms with van der Waals surface area (Å²) in [6.45, 7) is 5.94. The van der Waals surface area contributed by atoms with E-state index >= 15 is 0 Å². The third kappa shape index (κ3) is 3.07. The molecular weight excluding hydrogens is 126 g/mol. The molecule has 2 nitrogen and oxygen atoms in total. The highest BCUT2D eigenvalue weighted by Crippen LogP contribution is 1.85. The van der Waals surface area contributed by atoms with Gasteiger partial charge >= 0.3 is 0 Å². The smallest absolute Gasteiger partial charge is 0.246 e. The molecule has 0 saturated carbocycles. The Bertz CT molecular complexity index is 149. The van der Waals surface area contributed by atoms with Crippen LogP contribution >= 0.6 is 0 Å². The molecule has 0 rings (SSSR count). The average molecular weight is 139 g/mol. The molecule has 2 heteroatoms. The molecular formula is C8H13NO. The molecule has 0 aromatic heterocycles. The minimum atomic E-state index is 0.0161. The van der Waals surface area contributed by atoms with Crippen LogP contribution in [0.3, 0.4) is 0 Å². The summed E-state index contributed by atoms with van der Waals surface area (Å²) in [5.74, 6) is 0.0161. The van der Waals surface area contributed by atoms with Crippen LogP contribution in [-0.2, 0) is 4.79 Å². The van der Waals surface area contributed by atoms with Gasteiger partial charge in [-0.15, -0.1) is 6.58 Å². The van der Waals surface area contributed by atoms with E-state index < -0.39 is 0 Å². The second kappa shape index (κ2) is 4.79. The topological polar surface area (TPSA) is 20.3 Å². The SMILES string of the molecule is C=CCN(C)C(=O)/C=C/C. The van der Waals surface area contributed by atoms with E-state index in [0.29, 0.717) is 6.54 Å². The number of carbonyl (C=O) groups excluding carboxylic acids is 1. The molecule has 56 valence electrons. The van der Waals surface area contributed by atoms with Crippen LogP contribution in [0.15, 0.2) is 24.8 Å². The zero-order valence-electron chi connectivity index (χ0n) is 6.50. The summed E-state index contributed by atoms with van der Waals surface area (Å²) in [4.78, 5) is 12.5. The molecule has 0 aromatic rings. The van der Waals surface area contributed by atoms with Crippen LogP contribution in [0.5, 0.6) is 0 Å². The van der Waals surface area contributed by atoms with Gasteiger partial charge in [-0.3, -0.25) is 4.79 Å². The van der Waals surface area contributed by atoms with Gasteiger partial charge in [-0.05, 0) is 13.0 Å². The fraction of sp³-hybridized carbons (Fsp3) is 0.375. The van der Waals surface area contributed by atoms with Gasteiger partial charge in [-0.2, -0.15) is 0 Å². The largest absolute Gasteiger partial charge is 0.339 e. The van der Waals surface area contributed by atoms with E-state index in [1.807, 2.05) is 6.92 Å². The zero-order valence-corrected chi connectivity index (χ0v) is 6.50. The molecule has 0 fully saturated rings. The van der Waals surface area contributed by atoms with Crippen molar-refractivity contribution in [3.8, 4) is 0 Å². The van der Waals surface area contributed by atoms with Gasteiger partial charge in [0.05, 0.1) is 0 Å². The minimum absolute atomic E-state index is 0.0161. The quantitative estimate of drug-likeness (QED) is 0.425. The zero-order chi connectivity index (χ0) is 7.98. The molecule has 0 unspecified atom stereocenters. The summed E-state index contributed by atoms with van der Waals surface area (Å²) in [5.41, 5.74) is 0. The number of hydrogen-bond acceptors (Lipinski definition) is 1. The van der Waals surface area contributed by atoms with Crippen molar-refractivity contribution in [3.05, 3.63) is 24.8 Å². The minimum Gasteiger partial charge on any atom is -0.339 e. The molecule has 0 spiro atoms. The van der Waals surface area contributed by atoms with Crippen molar-refractivity contribution in [3.63, 3.8) is 0 Å². The number of likely N-dealkylation sites (N-methyl/N-ethyl adjacent to an activating group) is 1. The molecule has 1 amide bonds. The Kier molecular flexibility index (Phi) is 4.29. The highest BCUT2D eigenvalue weighted by Gasteiger charge is 1.99. The standard InChI is InChI=1S/C8H13NO/c1-4-6-8(10)9(3)7-5-2/h4-6H,2,7H2,1,3H3/b6-4+. The summed E-state index contributed by atoms with van der Waals surface area (Å²) < 4.78 is 0. The highest BCUT2D eigenvalue weighted by molar-refractivity contribution is 5.87. The van der Waals surface area contributed by atoms with Gasteiger partial charge in [0.1, 0.15) is 0 Å². The summed E-state index contributed by atoms with van der Waals surface area (Å²) in [5, 5.41) is 0. The lowest BCUT2D eigenvalue weighted by atomic mass is 10.4. The molecule has 0 atom stereocenters. The van der Waals surface area contributed by atoms with E-state index in [4.69, 9.17) is 0 Å². The summed E-state index contributed by atoms with van der Waals surface area (Å²) in [6.07, 6.45) is 4.95. The predicted molar refractivity (Wildman–Crippen MR) is 42.6 cm³/mol. The van der Waals surface area contributed by atoms with Crippen LogP contribution in [0.25, 0.3) is 0 Å². The molecule has 0 aliphatic rings. The van der Waals surface area contributed by atoms with Crippen LogP contribution in [0.1, 0.15) is 6.92 Å². The van der Waals surface area contributed by atoms with Crippen molar-refractivity contribution >= 4 is 5.91 Å². The maximum atomic E-state index is 10.9. The van der Waals surface area contributed by atoms with E-state index in [1.54, 1.807) is 24.1 Å². The number of amides is 1. The van der Waals surface area contributed by atoms with Crippen molar-refractivity contribution in [2.75, 3.05) is 13.6 Å². The lowest BCUT2D eigenvalue weighted by Crippen LogP contribution is -2.24. The Labute approximate surface area is 61.8 Å². The van der Waals surface area contributed by atoms with E-state index in [1.165, 1.54) is 6.08 Å². The van der Waals surface area contributed by atoms with Crippen LogP contribution in [0.2, 0.25) is 0 Å². The molecule has 0 aromatic carbocycles. The molecule has 10 heavy (non-hydrogen) atoms. The Morgan fingerprint density at radius 3 is 2.70 bits per heavy atom. The van der Waals surface area contributed by atoms with E-state index in [-0.39, 0.29) is 5.91 Å². The molecule has 0 aliphatic heterocycles. The maximum absolute atomic E-state index is 10.9. The van der Waals surface area contributed by atoms with Gasteiger partial charge in [-0.25, -0.2) is 0 Å². The third-order valence-corrected chi connectivity index (χ3v) is 1.09. The number of allylic oxidation sites excluding steroid dienone is 1. The first-order valence-electron chi connectivity index (χ1n) is 3.21. The fourth-order valence-electron chi connectivity index (χ4n) is 0.553. The van der Waals surface area contributed by atoms with Gasteiger partial charge < -0.3 is 4.90 Å². The second-order valence-electron chi connectivity index (χ2n) is 2.01. The Morgan fingerprint density at radius 1 is 1.70 bits per heavy atom. The molecule has 0 bridgehead atoms. The monoisotopic (exact) mass is 139 g/mol. The van der Waals surface area contributed by atoms with Gasteiger partial charge in [0.15, 0.2) is 0 Å². The summed E-state index contributed by atoms with van der Waals surface area (Å²) in [7, 11) is 1.74. The second-order valence-corrected chi connectivity index (χ2v) is 2.01. The molecule has 0 heterocycles. The van der Waals surface area contributed by atoms with Crippen LogP contribution in [0.4, 0.5) is 0 Å². The van der Waals surface area contributed by atoms with E-state index in [0.717, 1.165) is 0 Å². The lowest BCUT2D eigenvalue weighted by molar-refractivity contribution is -0.124. The summed E-state index contributed by atoms with van der Waals surface area (Å²) >= 11 is 0. The average Bonchev–Trinajstić information content (AvgIpc) is 1.89. The van der Waals surface area contributed by atoms with Gasteiger partial charge in [0.25, 0.3) is 0 Å². The van der Waals surface area contributed by atoms with Gasteiger partial charge in [0, 0.05) is 13.6 Å². The van der Waals surface area contributed by atoms with Gasteiger partial charge in [-0.1, -0.05) is 12.2 Å². The molecule has 0 saturated heterocycles. The van der Waals surface area contributed by atoms with Crippen LogP contribution in [0, 0.1) is 0 Å². The van der Waals surface area contributed by atoms with Crippen molar-refractivity contribution in [2.24, 2.45) is 0 Å². The highest BCUT2D eigenvalue weighted by atomic mass is 16.2. The summed E-state index contributed by atoms with van der Waals surface area (Å²) in [6, 6.07) is 0. The maximum Gasteiger partial charge on any atom is 0.246 e. The number of hydrogen-bond donors (Lipinski definition) is 0. The normalized spacial score (nSPS) is 9.80. The van der Waals surface area contributed by atoms with Crippen LogP contribution < -0.4 is 0 Å².